The van der Waals surface area contributed by atoms with E-state index in [9.17, 15) is 13.6 Å². The quantitative estimate of drug-likeness (QED) is 0.815. The van der Waals surface area contributed by atoms with Crippen LogP contribution in [-0.4, -0.2) is 29.0 Å². The van der Waals surface area contributed by atoms with Crippen LogP contribution in [0.4, 0.5) is 14.7 Å². The van der Waals surface area contributed by atoms with Gasteiger partial charge in [0.15, 0.2) is 0 Å². The lowest BCUT2D eigenvalue weighted by atomic mass is 10.2. The van der Waals surface area contributed by atoms with Gasteiger partial charge in [-0.15, -0.1) is 0 Å². The highest BCUT2D eigenvalue weighted by Crippen LogP contribution is 2.11. The van der Waals surface area contributed by atoms with Gasteiger partial charge < -0.3 is 10.6 Å². The molecule has 2 aromatic rings. The molecule has 1 heterocycles. The normalized spacial score (nSPS) is 10.1. The highest BCUT2D eigenvalue weighted by molar-refractivity contribution is 5.94. The molecule has 2 N–H and O–H groups in total. The fourth-order valence-electron chi connectivity index (χ4n) is 1.54. The zero-order valence-electron chi connectivity index (χ0n) is 10.4. The van der Waals surface area contributed by atoms with Crippen molar-refractivity contribution in [2.75, 3.05) is 18.4 Å². The second-order valence-electron chi connectivity index (χ2n) is 3.85. The Kier molecular flexibility index (Phi) is 4.54. The highest BCUT2D eigenvalue weighted by atomic mass is 19.1. The summed E-state index contributed by atoms with van der Waals surface area (Å²) in [5, 5.41) is 5.27. The maximum absolute atomic E-state index is 13.3. The second kappa shape index (κ2) is 6.55. The van der Waals surface area contributed by atoms with Gasteiger partial charge in [-0.05, 0) is 18.2 Å². The van der Waals surface area contributed by atoms with Crippen LogP contribution >= 0.6 is 0 Å². The SMILES string of the molecule is O=C(NCCNc1ncccn1)c1c(F)cccc1F. The first-order valence-electron chi connectivity index (χ1n) is 5.91. The van der Waals surface area contributed by atoms with Crippen LogP contribution in [0.2, 0.25) is 0 Å². The third-order valence-electron chi connectivity index (χ3n) is 2.45. The van der Waals surface area contributed by atoms with Gasteiger partial charge in [-0.2, -0.15) is 0 Å². The Balaban J connectivity index is 1.84. The first-order valence-corrected chi connectivity index (χ1v) is 5.91. The Hall–Kier alpha value is -2.57. The van der Waals surface area contributed by atoms with Gasteiger partial charge in [-0.25, -0.2) is 18.7 Å². The maximum atomic E-state index is 13.3. The van der Waals surface area contributed by atoms with Gasteiger partial charge in [0, 0.05) is 25.5 Å². The molecule has 104 valence electrons. The van der Waals surface area contributed by atoms with Gasteiger partial charge in [0.2, 0.25) is 5.95 Å². The summed E-state index contributed by atoms with van der Waals surface area (Å²) in [5.74, 6) is -2.15. The van der Waals surface area contributed by atoms with Crippen molar-refractivity contribution in [1.82, 2.24) is 15.3 Å². The molecule has 5 nitrogen and oxygen atoms in total. The maximum Gasteiger partial charge on any atom is 0.257 e. The van der Waals surface area contributed by atoms with E-state index in [4.69, 9.17) is 0 Å². The fraction of sp³-hybridized carbons (Fsp3) is 0.154. The van der Waals surface area contributed by atoms with Crippen molar-refractivity contribution < 1.29 is 13.6 Å². The molecule has 0 aliphatic carbocycles. The standard InChI is InChI=1S/C13H12F2N4O/c14-9-3-1-4-10(15)11(9)12(20)16-7-8-19-13-17-5-2-6-18-13/h1-6H,7-8H2,(H,16,20)(H,17,18,19). The van der Waals surface area contributed by atoms with E-state index in [1.165, 1.54) is 6.07 Å². The molecule has 2 rings (SSSR count). The predicted octanol–water partition coefficient (Wildman–Crippen LogP) is 1.60. The lowest BCUT2D eigenvalue weighted by molar-refractivity contribution is 0.0946. The Labute approximate surface area is 114 Å². The number of anilines is 1. The largest absolute Gasteiger partial charge is 0.352 e. The number of benzene rings is 1. The van der Waals surface area contributed by atoms with Gasteiger partial charge in [0.1, 0.15) is 17.2 Å². The highest BCUT2D eigenvalue weighted by Gasteiger charge is 2.16. The summed E-state index contributed by atoms with van der Waals surface area (Å²) in [7, 11) is 0. The smallest absolute Gasteiger partial charge is 0.257 e. The molecule has 0 atom stereocenters. The number of carbonyl (C=O) groups excluding carboxylic acids is 1. The van der Waals surface area contributed by atoms with E-state index in [0.29, 0.717) is 12.5 Å². The number of hydrogen-bond donors (Lipinski definition) is 2. The van der Waals surface area contributed by atoms with Gasteiger partial charge in [-0.1, -0.05) is 6.07 Å². The molecular weight excluding hydrogens is 266 g/mol. The van der Waals surface area contributed by atoms with Crippen molar-refractivity contribution >= 4 is 11.9 Å². The van der Waals surface area contributed by atoms with Crippen LogP contribution < -0.4 is 10.6 Å². The van der Waals surface area contributed by atoms with E-state index in [1.807, 2.05) is 0 Å². The number of nitrogens with zero attached hydrogens (tertiary/aromatic N) is 2. The summed E-state index contributed by atoms with van der Waals surface area (Å²) < 4.78 is 26.7. The van der Waals surface area contributed by atoms with Crippen LogP contribution in [0.5, 0.6) is 0 Å². The van der Waals surface area contributed by atoms with Crippen molar-refractivity contribution in [2.45, 2.75) is 0 Å². The average molecular weight is 278 g/mol. The molecule has 1 aromatic heterocycles. The molecule has 20 heavy (non-hydrogen) atoms. The zero-order chi connectivity index (χ0) is 14.4. The molecule has 0 fully saturated rings. The average Bonchev–Trinajstić information content (AvgIpc) is 2.44. The number of rotatable bonds is 5. The van der Waals surface area contributed by atoms with Crippen molar-refractivity contribution in [3.05, 3.63) is 53.9 Å². The van der Waals surface area contributed by atoms with Crippen LogP contribution in [0.15, 0.2) is 36.7 Å². The topological polar surface area (TPSA) is 66.9 Å². The molecule has 0 aliphatic heterocycles. The number of hydrogen-bond acceptors (Lipinski definition) is 4. The number of carbonyl (C=O) groups is 1. The van der Waals surface area contributed by atoms with Crippen LogP contribution in [0.3, 0.4) is 0 Å². The van der Waals surface area contributed by atoms with E-state index in [0.717, 1.165) is 12.1 Å². The number of halogens is 2. The van der Waals surface area contributed by atoms with E-state index >= 15 is 0 Å². The van der Waals surface area contributed by atoms with Crippen molar-refractivity contribution in [3.63, 3.8) is 0 Å². The molecule has 0 unspecified atom stereocenters. The minimum atomic E-state index is -0.887. The van der Waals surface area contributed by atoms with E-state index in [2.05, 4.69) is 20.6 Å². The van der Waals surface area contributed by atoms with Gasteiger partial charge in [0.25, 0.3) is 5.91 Å². The molecule has 0 saturated carbocycles. The van der Waals surface area contributed by atoms with Crippen LogP contribution in [0, 0.1) is 11.6 Å². The Bertz CT molecular complexity index is 572. The number of aromatic nitrogens is 2. The lowest BCUT2D eigenvalue weighted by Crippen LogP contribution is -2.30. The first-order chi connectivity index (χ1) is 9.68. The van der Waals surface area contributed by atoms with Gasteiger partial charge in [-0.3, -0.25) is 4.79 Å². The van der Waals surface area contributed by atoms with Gasteiger partial charge in [0.05, 0.1) is 0 Å². The van der Waals surface area contributed by atoms with Gasteiger partial charge >= 0.3 is 0 Å². The molecule has 0 radical (unpaired) electrons. The first kappa shape index (κ1) is 13.9. The molecule has 1 amide bonds. The minimum Gasteiger partial charge on any atom is -0.352 e. The van der Waals surface area contributed by atoms with E-state index in [-0.39, 0.29) is 6.54 Å². The third-order valence-corrected chi connectivity index (χ3v) is 2.45. The molecule has 0 aliphatic rings. The monoisotopic (exact) mass is 278 g/mol. The molecule has 1 aromatic carbocycles. The summed E-state index contributed by atoms with van der Waals surface area (Å²) in [5.41, 5.74) is -0.580. The Morgan fingerprint density at radius 3 is 2.35 bits per heavy atom. The van der Waals surface area contributed by atoms with E-state index in [1.54, 1.807) is 18.5 Å². The lowest BCUT2D eigenvalue weighted by Gasteiger charge is -2.07. The van der Waals surface area contributed by atoms with Crippen molar-refractivity contribution in [3.8, 4) is 0 Å². The Morgan fingerprint density at radius 2 is 1.70 bits per heavy atom. The van der Waals surface area contributed by atoms with Crippen LogP contribution in [0.1, 0.15) is 10.4 Å². The third kappa shape index (κ3) is 3.47. The second-order valence-corrected chi connectivity index (χ2v) is 3.85. The summed E-state index contributed by atoms with van der Waals surface area (Å²) in [6, 6.07) is 4.95. The van der Waals surface area contributed by atoms with Crippen molar-refractivity contribution in [1.29, 1.82) is 0 Å². The van der Waals surface area contributed by atoms with E-state index < -0.39 is 23.1 Å². The predicted molar refractivity (Wildman–Crippen MR) is 69.2 cm³/mol. The minimum absolute atomic E-state index is 0.185. The molecule has 0 bridgehead atoms. The van der Waals surface area contributed by atoms with Crippen LogP contribution in [-0.2, 0) is 0 Å². The fourth-order valence-corrected chi connectivity index (χ4v) is 1.54. The zero-order valence-corrected chi connectivity index (χ0v) is 10.4. The number of nitrogens with one attached hydrogen (secondary N) is 2. The molecule has 0 saturated heterocycles. The summed E-state index contributed by atoms with van der Waals surface area (Å²) in [6.45, 7) is 0.524. The molecule has 7 heteroatoms. The Morgan fingerprint density at radius 1 is 1.05 bits per heavy atom. The van der Waals surface area contributed by atoms with Crippen LogP contribution in [0.25, 0.3) is 0 Å². The van der Waals surface area contributed by atoms with Crippen molar-refractivity contribution in [2.24, 2.45) is 0 Å². The molecular formula is C13H12F2N4O. The number of amides is 1. The summed E-state index contributed by atoms with van der Waals surface area (Å²) >= 11 is 0. The summed E-state index contributed by atoms with van der Waals surface area (Å²) in [4.78, 5) is 19.5. The molecule has 0 spiro atoms. The summed E-state index contributed by atoms with van der Waals surface area (Å²) in [6.07, 6.45) is 3.14.